The number of rotatable bonds is 5. The van der Waals surface area contributed by atoms with E-state index < -0.39 is 14.8 Å². The lowest BCUT2D eigenvalue weighted by Crippen LogP contribution is -2.14. The SMILES string of the molecule is CS(=O)(=O)CCNc1cc([N+](=O)[O-])cc(Cl)n1. The third-order valence-corrected chi connectivity index (χ3v) is 2.91. The summed E-state index contributed by atoms with van der Waals surface area (Å²) in [6, 6.07) is 2.30. The highest BCUT2D eigenvalue weighted by molar-refractivity contribution is 7.90. The van der Waals surface area contributed by atoms with Gasteiger partial charge in [0.2, 0.25) is 0 Å². The Morgan fingerprint density at radius 1 is 1.53 bits per heavy atom. The minimum Gasteiger partial charge on any atom is -0.369 e. The van der Waals surface area contributed by atoms with E-state index in [-0.39, 0.29) is 29.0 Å². The van der Waals surface area contributed by atoms with Crippen LogP contribution in [0.2, 0.25) is 5.15 Å². The van der Waals surface area contributed by atoms with Gasteiger partial charge in [-0.25, -0.2) is 13.4 Å². The van der Waals surface area contributed by atoms with Crippen LogP contribution in [0, 0.1) is 10.1 Å². The molecule has 9 heteroatoms. The summed E-state index contributed by atoms with van der Waals surface area (Å²) in [5, 5.41) is 13.2. The molecule has 0 aliphatic carbocycles. The van der Waals surface area contributed by atoms with Gasteiger partial charge >= 0.3 is 0 Å². The molecule has 0 aliphatic heterocycles. The fraction of sp³-hybridized carbons (Fsp3) is 0.375. The van der Waals surface area contributed by atoms with Gasteiger partial charge in [0.25, 0.3) is 5.69 Å². The minimum absolute atomic E-state index is 0.0268. The first-order valence-electron chi connectivity index (χ1n) is 4.51. The zero-order valence-corrected chi connectivity index (χ0v) is 10.5. The third kappa shape index (κ3) is 4.96. The molecule has 0 aliphatic rings. The van der Waals surface area contributed by atoms with Gasteiger partial charge in [-0.3, -0.25) is 10.1 Å². The molecular formula is C8H10ClN3O4S. The van der Waals surface area contributed by atoms with Crippen molar-refractivity contribution in [2.45, 2.75) is 0 Å². The molecular weight excluding hydrogens is 270 g/mol. The van der Waals surface area contributed by atoms with Crippen molar-refractivity contribution in [3.63, 3.8) is 0 Å². The Morgan fingerprint density at radius 2 is 2.18 bits per heavy atom. The molecule has 1 aromatic heterocycles. The molecule has 1 N–H and O–H groups in total. The number of anilines is 1. The first-order valence-corrected chi connectivity index (χ1v) is 6.95. The molecule has 0 aromatic carbocycles. The van der Waals surface area contributed by atoms with Crippen LogP contribution in [0.5, 0.6) is 0 Å². The Hall–Kier alpha value is -1.41. The highest BCUT2D eigenvalue weighted by Crippen LogP contribution is 2.20. The van der Waals surface area contributed by atoms with E-state index in [2.05, 4.69) is 10.3 Å². The molecule has 0 spiro atoms. The van der Waals surface area contributed by atoms with Crippen molar-refractivity contribution in [1.29, 1.82) is 0 Å². The van der Waals surface area contributed by atoms with Gasteiger partial charge in [-0.1, -0.05) is 11.6 Å². The van der Waals surface area contributed by atoms with E-state index in [4.69, 9.17) is 11.6 Å². The van der Waals surface area contributed by atoms with E-state index in [1.54, 1.807) is 0 Å². The second-order valence-electron chi connectivity index (χ2n) is 3.35. The number of nitrogens with one attached hydrogen (secondary N) is 1. The predicted molar refractivity (Wildman–Crippen MR) is 64.1 cm³/mol. The topological polar surface area (TPSA) is 102 Å². The monoisotopic (exact) mass is 279 g/mol. The lowest BCUT2D eigenvalue weighted by atomic mass is 10.4. The first kappa shape index (κ1) is 13.7. The maximum atomic E-state index is 10.9. The quantitative estimate of drug-likeness (QED) is 0.492. The molecule has 0 fully saturated rings. The highest BCUT2D eigenvalue weighted by atomic mass is 35.5. The van der Waals surface area contributed by atoms with Gasteiger partial charge in [0.1, 0.15) is 20.8 Å². The molecule has 0 saturated heterocycles. The third-order valence-electron chi connectivity index (χ3n) is 1.77. The van der Waals surface area contributed by atoms with Crippen molar-refractivity contribution >= 4 is 32.9 Å². The van der Waals surface area contributed by atoms with E-state index in [1.807, 2.05) is 0 Å². The van der Waals surface area contributed by atoms with Gasteiger partial charge in [0.15, 0.2) is 0 Å². The van der Waals surface area contributed by atoms with Crippen LogP contribution in [0.4, 0.5) is 11.5 Å². The van der Waals surface area contributed by atoms with Crippen molar-refractivity contribution in [1.82, 2.24) is 4.98 Å². The minimum atomic E-state index is -3.09. The predicted octanol–water partition coefficient (Wildman–Crippen LogP) is 1.10. The Balaban J connectivity index is 2.75. The zero-order valence-electron chi connectivity index (χ0n) is 8.88. The molecule has 1 heterocycles. The van der Waals surface area contributed by atoms with Gasteiger partial charge < -0.3 is 5.32 Å². The van der Waals surface area contributed by atoms with Crippen LogP contribution in [0.15, 0.2) is 12.1 Å². The van der Waals surface area contributed by atoms with Crippen molar-refractivity contribution in [2.75, 3.05) is 23.9 Å². The maximum absolute atomic E-state index is 10.9. The van der Waals surface area contributed by atoms with Gasteiger partial charge in [-0.2, -0.15) is 0 Å². The number of halogens is 1. The van der Waals surface area contributed by atoms with Gasteiger partial charge in [0, 0.05) is 12.8 Å². The van der Waals surface area contributed by atoms with Crippen LogP contribution < -0.4 is 5.32 Å². The second kappa shape index (κ2) is 5.28. The molecule has 0 radical (unpaired) electrons. The summed E-state index contributed by atoms with van der Waals surface area (Å²) in [7, 11) is -3.09. The van der Waals surface area contributed by atoms with Gasteiger partial charge in [0.05, 0.1) is 22.8 Å². The molecule has 1 aromatic rings. The summed E-state index contributed by atoms with van der Waals surface area (Å²) in [6.07, 6.45) is 1.10. The summed E-state index contributed by atoms with van der Waals surface area (Å²) in [6.45, 7) is 0.114. The van der Waals surface area contributed by atoms with Crippen LogP contribution in [0.3, 0.4) is 0 Å². The molecule has 17 heavy (non-hydrogen) atoms. The standard InChI is InChI=1S/C8H10ClN3O4S/c1-17(15,16)3-2-10-8-5-6(12(13)14)4-7(9)11-8/h4-5H,2-3H2,1H3,(H,10,11). The van der Waals surface area contributed by atoms with Crippen LogP contribution >= 0.6 is 11.6 Å². The summed E-state index contributed by atoms with van der Waals surface area (Å²) in [5.74, 6) is 0.0856. The number of sulfone groups is 1. The molecule has 7 nitrogen and oxygen atoms in total. The maximum Gasteiger partial charge on any atom is 0.276 e. The van der Waals surface area contributed by atoms with Crippen LogP contribution in [0.1, 0.15) is 0 Å². The van der Waals surface area contributed by atoms with E-state index in [0.29, 0.717) is 0 Å². The second-order valence-corrected chi connectivity index (χ2v) is 5.99. The normalized spacial score (nSPS) is 11.2. The largest absolute Gasteiger partial charge is 0.369 e. The lowest BCUT2D eigenvalue weighted by molar-refractivity contribution is -0.384. The Kier molecular flexibility index (Phi) is 4.24. The summed E-state index contributed by atoms with van der Waals surface area (Å²) in [4.78, 5) is 13.7. The molecule has 0 amide bonds. The number of hydrogen-bond acceptors (Lipinski definition) is 6. The van der Waals surface area contributed by atoms with E-state index in [9.17, 15) is 18.5 Å². The summed E-state index contributed by atoms with van der Waals surface area (Å²) >= 11 is 5.59. The lowest BCUT2D eigenvalue weighted by Gasteiger charge is -2.04. The summed E-state index contributed by atoms with van der Waals surface area (Å²) < 4.78 is 21.7. The number of nitrogens with zero attached hydrogens (tertiary/aromatic N) is 2. The average Bonchev–Trinajstić information content (AvgIpc) is 2.14. The molecule has 0 bridgehead atoms. The molecule has 0 unspecified atom stereocenters. The van der Waals surface area contributed by atoms with Crippen LogP contribution in [-0.2, 0) is 9.84 Å². The van der Waals surface area contributed by atoms with Crippen molar-refractivity contribution in [3.05, 3.63) is 27.4 Å². The molecule has 0 atom stereocenters. The van der Waals surface area contributed by atoms with Crippen molar-refractivity contribution < 1.29 is 13.3 Å². The highest BCUT2D eigenvalue weighted by Gasteiger charge is 2.10. The van der Waals surface area contributed by atoms with Crippen LogP contribution in [0.25, 0.3) is 0 Å². The average molecular weight is 280 g/mol. The van der Waals surface area contributed by atoms with Gasteiger partial charge in [-0.15, -0.1) is 0 Å². The van der Waals surface area contributed by atoms with Gasteiger partial charge in [-0.05, 0) is 0 Å². The Morgan fingerprint density at radius 3 is 2.71 bits per heavy atom. The Bertz CT molecular complexity index is 532. The number of pyridine rings is 1. The van der Waals surface area contributed by atoms with Crippen LogP contribution in [-0.4, -0.2) is 36.9 Å². The molecule has 0 saturated carbocycles. The molecule has 94 valence electrons. The fourth-order valence-corrected chi connectivity index (χ4v) is 1.72. The number of aromatic nitrogens is 1. The zero-order chi connectivity index (χ0) is 13.1. The van der Waals surface area contributed by atoms with E-state index in [1.165, 1.54) is 6.07 Å². The van der Waals surface area contributed by atoms with Crippen molar-refractivity contribution in [3.8, 4) is 0 Å². The number of nitro groups is 1. The molecule has 1 rings (SSSR count). The first-order chi connectivity index (χ1) is 7.78. The van der Waals surface area contributed by atoms with E-state index in [0.717, 1.165) is 12.3 Å². The van der Waals surface area contributed by atoms with E-state index >= 15 is 0 Å². The number of hydrogen-bond donors (Lipinski definition) is 1. The fourth-order valence-electron chi connectivity index (χ4n) is 1.04. The van der Waals surface area contributed by atoms with Crippen molar-refractivity contribution in [2.24, 2.45) is 0 Å². The Labute approximate surface area is 103 Å². The smallest absolute Gasteiger partial charge is 0.276 e. The summed E-state index contributed by atoms with van der Waals surface area (Å²) in [5.41, 5.74) is -0.202.